The smallest absolute Gasteiger partial charge is 0.276 e. The standard InChI is InChI=1S/C37H46N8O3/c1-7-23-11-9-12-24(8-2)31(23)40-35(46)33-28-14-10-13-26-22-38-37(41-32(26)34(28)44(5)42-33)39-29-16-15-25(21-30(29)48-6)36(47)45-19-17-27(18-20-45)43(3)4/h9,11-12,15-16,21-22,27H,7-8,10,13-14,17-20H2,1-6H3,(H,40,46)(H,38,39,41). The molecule has 0 bridgehead atoms. The second kappa shape index (κ2) is 14.1. The molecule has 4 aromatic rings. The molecule has 0 radical (unpaired) electrons. The van der Waals surface area contributed by atoms with Gasteiger partial charge >= 0.3 is 0 Å². The Hall–Kier alpha value is -4.77. The summed E-state index contributed by atoms with van der Waals surface area (Å²) in [5, 5.41) is 11.2. The molecule has 1 saturated heterocycles. The molecule has 2 N–H and O–H groups in total. The highest BCUT2D eigenvalue weighted by molar-refractivity contribution is 6.05. The number of hydrogen-bond donors (Lipinski definition) is 2. The van der Waals surface area contributed by atoms with Gasteiger partial charge in [0.2, 0.25) is 5.95 Å². The molecule has 0 unspecified atom stereocenters. The fourth-order valence-electron chi connectivity index (χ4n) is 6.99. The molecule has 1 aliphatic heterocycles. The van der Waals surface area contributed by atoms with Crippen molar-refractivity contribution in [1.29, 1.82) is 0 Å². The van der Waals surface area contributed by atoms with Gasteiger partial charge < -0.3 is 25.2 Å². The van der Waals surface area contributed by atoms with E-state index in [-0.39, 0.29) is 11.8 Å². The number of hydrogen-bond acceptors (Lipinski definition) is 8. The highest BCUT2D eigenvalue weighted by atomic mass is 16.5. The van der Waals surface area contributed by atoms with Gasteiger partial charge in [-0.25, -0.2) is 9.97 Å². The van der Waals surface area contributed by atoms with Gasteiger partial charge in [-0.1, -0.05) is 32.0 Å². The maximum absolute atomic E-state index is 13.8. The van der Waals surface area contributed by atoms with Gasteiger partial charge in [-0.3, -0.25) is 14.3 Å². The number of amides is 2. The van der Waals surface area contributed by atoms with E-state index < -0.39 is 0 Å². The molecule has 0 spiro atoms. The van der Waals surface area contributed by atoms with Crippen LogP contribution >= 0.6 is 0 Å². The molecule has 3 heterocycles. The van der Waals surface area contributed by atoms with Gasteiger partial charge in [0.05, 0.1) is 24.2 Å². The fraction of sp³-hybridized carbons (Fsp3) is 0.432. The second-order valence-electron chi connectivity index (χ2n) is 12.9. The van der Waals surface area contributed by atoms with Crippen molar-refractivity contribution in [2.45, 2.75) is 64.8 Å². The lowest BCUT2D eigenvalue weighted by atomic mass is 10.0. The summed E-state index contributed by atoms with van der Waals surface area (Å²) in [5.74, 6) is 0.716. The van der Waals surface area contributed by atoms with E-state index in [1.165, 1.54) is 0 Å². The minimum atomic E-state index is -0.209. The van der Waals surface area contributed by atoms with Crippen molar-refractivity contribution >= 4 is 29.1 Å². The van der Waals surface area contributed by atoms with Crippen molar-refractivity contribution in [2.75, 3.05) is 44.9 Å². The number of aryl methyl sites for hydroxylation is 4. The number of carbonyl (C=O) groups is 2. The summed E-state index contributed by atoms with van der Waals surface area (Å²) in [7, 11) is 7.63. The predicted molar refractivity (Wildman–Crippen MR) is 188 cm³/mol. The molecule has 2 aromatic heterocycles. The monoisotopic (exact) mass is 650 g/mol. The number of para-hydroxylation sites is 1. The third kappa shape index (κ3) is 6.51. The minimum Gasteiger partial charge on any atom is -0.495 e. The summed E-state index contributed by atoms with van der Waals surface area (Å²) in [5.41, 5.74) is 8.23. The van der Waals surface area contributed by atoms with Crippen molar-refractivity contribution in [3.8, 4) is 17.1 Å². The Kier molecular flexibility index (Phi) is 9.77. The molecule has 0 saturated carbocycles. The van der Waals surface area contributed by atoms with E-state index in [1.807, 2.05) is 36.3 Å². The third-order valence-electron chi connectivity index (χ3n) is 9.74. The molecule has 0 atom stereocenters. The Bertz CT molecular complexity index is 1800. The number of anilines is 3. The minimum absolute atomic E-state index is 0.00557. The van der Waals surface area contributed by atoms with Crippen LogP contribution in [0.1, 0.15) is 76.2 Å². The van der Waals surface area contributed by atoms with Crippen molar-refractivity contribution in [2.24, 2.45) is 7.05 Å². The number of nitrogens with zero attached hydrogens (tertiary/aromatic N) is 6. The molecular formula is C37H46N8O3. The Morgan fingerprint density at radius 3 is 2.44 bits per heavy atom. The maximum Gasteiger partial charge on any atom is 0.276 e. The number of benzene rings is 2. The zero-order chi connectivity index (χ0) is 33.9. The molecule has 2 aliphatic rings. The fourth-order valence-corrected chi connectivity index (χ4v) is 6.99. The van der Waals surface area contributed by atoms with Crippen molar-refractivity contribution in [1.82, 2.24) is 29.5 Å². The average Bonchev–Trinajstić information content (AvgIpc) is 3.31. The van der Waals surface area contributed by atoms with Crippen LogP contribution in [0.4, 0.5) is 17.3 Å². The molecule has 2 aromatic carbocycles. The number of methoxy groups -OCH3 is 1. The Morgan fingerprint density at radius 2 is 1.77 bits per heavy atom. The topological polar surface area (TPSA) is 118 Å². The Morgan fingerprint density at radius 1 is 1.04 bits per heavy atom. The van der Waals surface area contributed by atoms with Crippen LogP contribution in [0.5, 0.6) is 5.75 Å². The Labute approximate surface area is 282 Å². The number of aromatic nitrogens is 4. The van der Waals surface area contributed by atoms with Crippen LogP contribution in [0.2, 0.25) is 0 Å². The first kappa shape index (κ1) is 33.1. The lowest BCUT2D eigenvalue weighted by Crippen LogP contribution is -2.44. The van der Waals surface area contributed by atoms with Crippen LogP contribution in [-0.4, -0.2) is 81.7 Å². The van der Waals surface area contributed by atoms with Crippen LogP contribution < -0.4 is 15.4 Å². The summed E-state index contributed by atoms with van der Waals surface area (Å²) in [6, 6.07) is 12.1. The van der Waals surface area contributed by atoms with E-state index in [4.69, 9.17) is 14.8 Å². The van der Waals surface area contributed by atoms with E-state index in [1.54, 1.807) is 17.9 Å². The van der Waals surface area contributed by atoms with Crippen molar-refractivity contribution in [3.05, 3.63) is 76.1 Å². The maximum atomic E-state index is 13.8. The van der Waals surface area contributed by atoms with E-state index >= 15 is 0 Å². The molecule has 11 nitrogen and oxygen atoms in total. The van der Waals surface area contributed by atoms with Gasteiger partial charge in [0.1, 0.15) is 5.75 Å². The SMILES string of the molecule is CCc1cccc(CC)c1NC(=O)c1nn(C)c2c1CCCc1cnc(Nc3ccc(C(=O)N4CCC(N(C)C)CC4)cc3OC)nc1-2. The zero-order valence-corrected chi connectivity index (χ0v) is 28.9. The number of likely N-dealkylation sites (tertiary alicyclic amines) is 1. The molecule has 2 amide bonds. The largest absolute Gasteiger partial charge is 0.495 e. The van der Waals surface area contributed by atoms with Crippen LogP contribution in [0.25, 0.3) is 11.4 Å². The summed E-state index contributed by atoms with van der Waals surface area (Å²) >= 11 is 0. The van der Waals surface area contributed by atoms with Gasteiger partial charge in [-0.15, -0.1) is 0 Å². The van der Waals surface area contributed by atoms with Crippen molar-refractivity contribution < 1.29 is 14.3 Å². The first-order valence-electron chi connectivity index (χ1n) is 17.0. The lowest BCUT2D eigenvalue weighted by molar-refractivity contribution is 0.0663. The first-order valence-corrected chi connectivity index (χ1v) is 17.0. The van der Waals surface area contributed by atoms with E-state index in [2.05, 4.69) is 60.6 Å². The Balaban J connectivity index is 1.25. The summed E-state index contributed by atoms with van der Waals surface area (Å²) in [6.45, 7) is 5.66. The van der Waals surface area contributed by atoms with Crippen LogP contribution in [0.3, 0.4) is 0 Å². The van der Waals surface area contributed by atoms with Crippen molar-refractivity contribution in [3.63, 3.8) is 0 Å². The first-order chi connectivity index (χ1) is 23.2. The normalized spacial score (nSPS) is 14.7. The van der Waals surface area contributed by atoms with Gasteiger partial charge in [0.15, 0.2) is 5.69 Å². The number of ether oxygens (including phenoxy) is 1. The second-order valence-corrected chi connectivity index (χ2v) is 12.9. The lowest BCUT2D eigenvalue weighted by Gasteiger charge is -2.35. The number of piperidine rings is 1. The molecule has 1 aliphatic carbocycles. The van der Waals surface area contributed by atoms with Gasteiger partial charge in [0.25, 0.3) is 11.8 Å². The molecule has 252 valence electrons. The predicted octanol–water partition coefficient (Wildman–Crippen LogP) is 5.66. The van der Waals surface area contributed by atoms with Gasteiger partial charge in [0, 0.05) is 49.2 Å². The number of nitrogens with one attached hydrogen (secondary N) is 2. The highest BCUT2D eigenvalue weighted by Gasteiger charge is 2.29. The van der Waals surface area contributed by atoms with Gasteiger partial charge in [-0.05, 0) is 93.9 Å². The molecule has 11 heteroatoms. The van der Waals surface area contributed by atoms with Crippen LogP contribution in [0.15, 0.2) is 42.6 Å². The average molecular weight is 651 g/mol. The van der Waals surface area contributed by atoms with Gasteiger partial charge in [-0.2, -0.15) is 5.10 Å². The molecule has 6 rings (SSSR count). The number of rotatable bonds is 9. The van der Waals surface area contributed by atoms with E-state index in [0.717, 1.165) is 90.9 Å². The van der Waals surface area contributed by atoms with E-state index in [9.17, 15) is 9.59 Å². The summed E-state index contributed by atoms with van der Waals surface area (Å²) in [4.78, 5) is 40.9. The molecule has 48 heavy (non-hydrogen) atoms. The van der Waals surface area contributed by atoms with E-state index in [0.29, 0.717) is 41.1 Å². The zero-order valence-electron chi connectivity index (χ0n) is 28.9. The summed E-state index contributed by atoms with van der Waals surface area (Å²) in [6.07, 6.45) is 7.76. The molecular weight excluding hydrogens is 604 g/mol. The van der Waals surface area contributed by atoms with Crippen LogP contribution in [0, 0.1) is 0 Å². The summed E-state index contributed by atoms with van der Waals surface area (Å²) < 4.78 is 7.47. The third-order valence-corrected chi connectivity index (χ3v) is 9.74. The number of carbonyl (C=O) groups excluding carboxylic acids is 2. The van der Waals surface area contributed by atoms with Crippen LogP contribution in [-0.2, 0) is 32.7 Å². The quantitative estimate of drug-likeness (QED) is 0.238. The number of fused-ring (bicyclic) bond motifs is 3. The molecule has 1 fully saturated rings. The highest BCUT2D eigenvalue weighted by Crippen LogP contribution is 2.35.